The van der Waals surface area contributed by atoms with Gasteiger partial charge < -0.3 is 9.67 Å². The summed E-state index contributed by atoms with van der Waals surface area (Å²) in [6.45, 7) is 2.17. The number of aromatic nitrogens is 2. The summed E-state index contributed by atoms with van der Waals surface area (Å²) in [4.78, 5) is 17.5. The molecule has 0 radical (unpaired) electrons. The molecule has 6 heteroatoms. The summed E-state index contributed by atoms with van der Waals surface area (Å²) >= 11 is 0. The highest BCUT2D eigenvalue weighted by Gasteiger charge is 2.15. The lowest BCUT2D eigenvalue weighted by atomic mass is 10.1. The molecule has 1 aromatic heterocycles. The Kier molecular flexibility index (Phi) is 4.37. The number of nitrogens with zero attached hydrogens (tertiary/aromatic N) is 3. The zero-order valence-electron chi connectivity index (χ0n) is 12.3. The van der Waals surface area contributed by atoms with Crippen LogP contribution in [0.1, 0.15) is 28.7 Å². The first-order valence-corrected chi connectivity index (χ1v) is 6.55. The van der Waals surface area contributed by atoms with Gasteiger partial charge in [-0.15, -0.1) is 0 Å². The monoisotopic (exact) mass is 291 g/mol. The summed E-state index contributed by atoms with van der Waals surface area (Å²) in [7, 11) is 3.73. The molecule has 0 amide bonds. The van der Waals surface area contributed by atoms with E-state index in [2.05, 4.69) is 4.98 Å². The smallest absolute Gasteiger partial charge is 0.163 e. The molecule has 0 atom stereocenters. The van der Waals surface area contributed by atoms with E-state index in [1.54, 1.807) is 6.20 Å². The number of Topliss-reactive ketones (excluding diaryl/α,β-unsaturated/α-hetero) is 1. The summed E-state index contributed by atoms with van der Waals surface area (Å²) in [6, 6.07) is 2.30. The van der Waals surface area contributed by atoms with E-state index in [0.717, 1.165) is 11.9 Å². The van der Waals surface area contributed by atoms with Gasteiger partial charge in [0.2, 0.25) is 0 Å². The van der Waals surface area contributed by atoms with Gasteiger partial charge in [-0.3, -0.25) is 9.69 Å². The fourth-order valence-electron chi connectivity index (χ4n) is 2.18. The third kappa shape index (κ3) is 3.46. The number of hydrogen-bond donors (Lipinski definition) is 1. The van der Waals surface area contributed by atoms with Gasteiger partial charge in [-0.2, -0.15) is 0 Å². The molecule has 0 saturated carbocycles. The zero-order valence-corrected chi connectivity index (χ0v) is 12.3. The van der Waals surface area contributed by atoms with Crippen LogP contribution in [-0.2, 0) is 20.1 Å². The molecule has 21 heavy (non-hydrogen) atoms. The number of hydrogen-bond acceptors (Lipinski definition) is 4. The van der Waals surface area contributed by atoms with Crippen molar-refractivity contribution in [2.75, 3.05) is 7.05 Å². The second-order valence-corrected chi connectivity index (χ2v) is 5.14. The van der Waals surface area contributed by atoms with E-state index >= 15 is 0 Å². The topological polar surface area (TPSA) is 58.4 Å². The first-order valence-electron chi connectivity index (χ1n) is 6.55. The second-order valence-electron chi connectivity index (χ2n) is 5.14. The maximum Gasteiger partial charge on any atom is 0.163 e. The van der Waals surface area contributed by atoms with E-state index in [4.69, 9.17) is 0 Å². The molecule has 2 rings (SSSR count). The molecule has 0 bridgehead atoms. The first kappa shape index (κ1) is 15.2. The molecule has 0 aliphatic rings. The van der Waals surface area contributed by atoms with Crippen LogP contribution in [0.25, 0.3) is 0 Å². The van der Waals surface area contributed by atoms with Crippen LogP contribution in [0.2, 0.25) is 0 Å². The standard InChI is InChI=1S/C15H18FN3O2/c1-10(20)13-7-12(16)6-11(15(13)21)8-18(2)9-14-17-4-5-19(14)3/h4-7,21H,8-9H2,1-3H3. The van der Waals surface area contributed by atoms with Crippen molar-refractivity contribution in [3.05, 3.63) is 47.3 Å². The Hall–Kier alpha value is -2.21. The molecular formula is C15H18FN3O2. The fraction of sp³-hybridized carbons (Fsp3) is 0.333. The van der Waals surface area contributed by atoms with E-state index < -0.39 is 5.82 Å². The Balaban J connectivity index is 2.19. The van der Waals surface area contributed by atoms with Gasteiger partial charge in [-0.25, -0.2) is 9.37 Å². The summed E-state index contributed by atoms with van der Waals surface area (Å²) in [6.07, 6.45) is 3.55. The van der Waals surface area contributed by atoms with Crippen LogP contribution in [-0.4, -0.2) is 32.4 Å². The maximum absolute atomic E-state index is 13.6. The summed E-state index contributed by atoms with van der Waals surface area (Å²) < 4.78 is 15.5. The van der Waals surface area contributed by atoms with Gasteiger partial charge in [-0.1, -0.05) is 0 Å². The fourth-order valence-corrected chi connectivity index (χ4v) is 2.18. The van der Waals surface area contributed by atoms with Crippen LogP contribution in [0.15, 0.2) is 24.5 Å². The Morgan fingerprint density at radius 1 is 1.43 bits per heavy atom. The predicted molar refractivity (Wildman–Crippen MR) is 76.4 cm³/mol. The number of phenols is 1. The quantitative estimate of drug-likeness (QED) is 0.857. The highest BCUT2D eigenvalue weighted by molar-refractivity contribution is 5.97. The lowest BCUT2D eigenvalue weighted by Gasteiger charge is -2.18. The number of ketones is 1. The van der Waals surface area contributed by atoms with Gasteiger partial charge in [0.25, 0.3) is 0 Å². The van der Waals surface area contributed by atoms with Crippen LogP contribution in [0.3, 0.4) is 0 Å². The molecule has 2 aromatic rings. The molecule has 0 unspecified atom stereocenters. The number of carbonyl (C=O) groups is 1. The Labute approximate surface area is 122 Å². The number of benzene rings is 1. The van der Waals surface area contributed by atoms with Gasteiger partial charge in [0, 0.05) is 31.5 Å². The summed E-state index contributed by atoms with van der Waals surface area (Å²) in [5, 5.41) is 10.1. The molecule has 1 aromatic carbocycles. The minimum atomic E-state index is -0.529. The molecule has 0 spiro atoms. The molecule has 1 heterocycles. The van der Waals surface area contributed by atoms with Gasteiger partial charge in [0.1, 0.15) is 17.4 Å². The van der Waals surface area contributed by atoms with Crippen molar-refractivity contribution >= 4 is 5.78 Å². The number of halogens is 1. The number of rotatable bonds is 5. The number of aryl methyl sites for hydroxylation is 1. The van der Waals surface area contributed by atoms with Crippen molar-refractivity contribution in [3.8, 4) is 5.75 Å². The second kappa shape index (κ2) is 6.05. The highest BCUT2D eigenvalue weighted by Crippen LogP contribution is 2.26. The largest absolute Gasteiger partial charge is 0.507 e. The van der Waals surface area contributed by atoms with E-state index in [1.165, 1.54) is 13.0 Å². The van der Waals surface area contributed by atoms with E-state index in [-0.39, 0.29) is 17.1 Å². The minimum absolute atomic E-state index is 0.00962. The third-order valence-corrected chi connectivity index (χ3v) is 3.31. The Morgan fingerprint density at radius 2 is 2.14 bits per heavy atom. The average molecular weight is 291 g/mol. The summed E-state index contributed by atoms with van der Waals surface area (Å²) in [5.74, 6) is -0.186. The van der Waals surface area contributed by atoms with Crippen molar-refractivity contribution in [3.63, 3.8) is 0 Å². The van der Waals surface area contributed by atoms with Crippen LogP contribution in [0, 0.1) is 5.82 Å². The third-order valence-electron chi connectivity index (χ3n) is 3.31. The Bertz CT molecular complexity index is 667. The first-order chi connectivity index (χ1) is 9.88. The SMILES string of the molecule is CC(=O)c1cc(F)cc(CN(C)Cc2nccn2C)c1O. The Morgan fingerprint density at radius 3 is 2.71 bits per heavy atom. The number of imidazole rings is 1. The minimum Gasteiger partial charge on any atom is -0.507 e. The molecule has 1 N–H and O–H groups in total. The molecule has 0 fully saturated rings. The van der Waals surface area contributed by atoms with Gasteiger partial charge >= 0.3 is 0 Å². The zero-order chi connectivity index (χ0) is 15.6. The maximum atomic E-state index is 13.6. The van der Waals surface area contributed by atoms with Crippen molar-refractivity contribution in [1.29, 1.82) is 0 Å². The molecule has 0 saturated heterocycles. The van der Waals surface area contributed by atoms with Crippen molar-refractivity contribution in [2.45, 2.75) is 20.0 Å². The molecule has 0 aliphatic carbocycles. The van der Waals surface area contributed by atoms with Gasteiger partial charge in [0.15, 0.2) is 5.78 Å². The van der Waals surface area contributed by atoms with Crippen LogP contribution < -0.4 is 0 Å². The molecule has 112 valence electrons. The van der Waals surface area contributed by atoms with Crippen LogP contribution >= 0.6 is 0 Å². The number of carbonyl (C=O) groups excluding carboxylic acids is 1. The average Bonchev–Trinajstić information content (AvgIpc) is 2.78. The molecule has 5 nitrogen and oxygen atoms in total. The predicted octanol–water partition coefficient (Wildman–Crippen LogP) is 2.10. The number of phenolic OH excluding ortho intramolecular Hbond substituents is 1. The van der Waals surface area contributed by atoms with E-state index in [0.29, 0.717) is 18.7 Å². The number of aromatic hydroxyl groups is 1. The van der Waals surface area contributed by atoms with Crippen LogP contribution in [0.4, 0.5) is 4.39 Å². The summed E-state index contributed by atoms with van der Waals surface area (Å²) in [5.41, 5.74) is 0.396. The van der Waals surface area contributed by atoms with E-state index in [9.17, 15) is 14.3 Å². The normalized spacial score (nSPS) is 11.1. The van der Waals surface area contributed by atoms with Gasteiger partial charge in [0.05, 0.1) is 12.1 Å². The van der Waals surface area contributed by atoms with Crippen LogP contribution in [0.5, 0.6) is 5.75 Å². The van der Waals surface area contributed by atoms with Crippen molar-refractivity contribution in [2.24, 2.45) is 7.05 Å². The van der Waals surface area contributed by atoms with Crippen molar-refractivity contribution < 1.29 is 14.3 Å². The lowest BCUT2D eigenvalue weighted by molar-refractivity contribution is 0.101. The lowest BCUT2D eigenvalue weighted by Crippen LogP contribution is -2.20. The van der Waals surface area contributed by atoms with E-state index in [1.807, 2.05) is 29.8 Å². The highest BCUT2D eigenvalue weighted by atomic mass is 19.1. The van der Waals surface area contributed by atoms with Gasteiger partial charge in [-0.05, 0) is 26.1 Å². The van der Waals surface area contributed by atoms with Crippen molar-refractivity contribution in [1.82, 2.24) is 14.5 Å². The molecular weight excluding hydrogens is 273 g/mol. The molecule has 0 aliphatic heterocycles.